The molecule has 0 saturated carbocycles. The highest BCUT2D eigenvalue weighted by Gasteiger charge is 2.57. The third-order valence-electron chi connectivity index (χ3n) is 7.09. The maximum absolute atomic E-state index is 14.3. The molecule has 1 saturated heterocycles. The SMILES string of the molecule is CC1=CC(=O)C2=C(CC3C(=CCC4C(=O)N(C(N)=O)C(=O)C43)C2c2ccc(O)c(F)c2)C1=O. The van der Waals surface area contributed by atoms with Crippen LogP contribution in [0.25, 0.3) is 0 Å². The Hall–Kier alpha value is -3.88. The van der Waals surface area contributed by atoms with Crippen LogP contribution >= 0.6 is 0 Å². The van der Waals surface area contributed by atoms with Crippen LogP contribution in [0.5, 0.6) is 5.75 Å². The summed E-state index contributed by atoms with van der Waals surface area (Å²) in [7, 11) is 0. The zero-order valence-corrected chi connectivity index (χ0v) is 17.5. The number of phenolic OH excluding ortho intramolecular Hbond substituents is 1. The molecule has 3 N–H and O–H groups in total. The van der Waals surface area contributed by atoms with Gasteiger partial charge in [-0.05, 0) is 49.5 Å². The molecule has 0 spiro atoms. The van der Waals surface area contributed by atoms with Crippen LogP contribution in [-0.4, -0.2) is 39.4 Å². The summed E-state index contributed by atoms with van der Waals surface area (Å²) in [5, 5.41) is 9.64. The van der Waals surface area contributed by atoms with Crippen molar-refractivity contribution in [3.8, 4) is 5.75 Å². The fraction of sp³-hybridized carbons (Fsp3) is 0.292. The van der Waals surface area contributed by atoms with Gasteiger partial charge in [0.2, 0.25) is 11.8 Å². The van der Waals surface area contributed by atoms with Crippen molar-refractivity contribution in [2.45, 2.75) is 25.7 Å². The molecule has 1 heterocycles. The Bertz CT molecular complexity index is 1290. The number of allylic oxidation sites excluding steroid dienone is 6. The van der Waals surface area contributed by atoms with Crippen molar-refractivity contribution in [2.24, 2.45) is 23.5 Å². The van der Waals surface area contributed by atoms with Crippen molar-refractivity contribution in [3.63, 3.8) is 0 Å². The Balaban J connectivity index is 1.70. The topological polar surface area (TPSA) is 135 Å². The first-order valence-electron chi connectivity index (χ1n) is 10.5. The number of carbonyl (C=O) groups is 5. The van der Waals surface area contributed by atoms with Gasteiger partial charge in [-0.1, -0.05) is 17.7 Å². The number of nitrogens with zero attached hydrogens (tertiary/aromatic N) is 1. The first-order valence-corrected chi connectivity index (χ1v) is 10.5. The van der Waals surface area contributed by atoms with E-state index in [2.05, 4.69) is 0 Å². The molecule has 8 nitrogen and oxygen atoms in total. The van der Waals surface area contributed by atoms with Crippen LogP contribution in [0.2, 0.25) is 0 Å². The number of amides is 4. The number of ketones is 2. The van der Waals surface area contributed by atoms with Crippen LogP contribution < -0.4 is 5.73 Å². The lowest BCUT2D eigenvalue weighted by Gasteiger charge is -2.42. The lowest BCUT2D eigenvalue weighted by Crippen LogP contribution is -2.42. The van der Waals surface area contributed by atoms with E-state index in [-0.39, 0.29) is 41.1 Å². The van der Waals surface area contributed by atoms with E-state index in [0.29, 0.717) is 16.0 Å². The van der Waals surface area contributed by atoms with E-state index in [1.807, 2.05) is 0 Å². The Morgan fingerprint density at radius 1 is 1.15 bits per heavy atom. The number of fused-ring (bicyclic) bond motifs is 3. The summed E-state index contributed by atoms with van der Waals surface area (Å²) < 4.78 is 14.3. The maximum atomic E-state index is 14.3. The van der Waals surface area contributed by atoms with Crippen LogP contribution in [0.15, 0.2) is 52.6 Å². The lowest BCUT2D eigenvalue weighted by atomic mass is 9.59. The average Bonchev–Trinajstić information content (AvgIpc) is 3.03. The summed E-state index contributed by atoms with van der Waals surface area (Å²) in [5.74, 6) is -6.78. The highest BCUT2D eigenvalue weighted by molar-refractivity contribution is 6.24. The van der Waals surface area contributed by atoms with Crippen LogP contribution in [-0.2, 0) is 19.2 Å². The van der Waals surface area contributed by atoms with Crippen molar-refractivity contribution < 1.29 is 33.5 Å². The number of carbonyl (C=O) groups excluding carboxylic acids is 5. The average molecular weight is 450 g/mol. The van der Waals surface area contributed by atoms with Crippen LogP contribution in [0, 0.1) is 23.6 Å². The molecule has 0 radical (unpaired) electrons. The monoisotopic (exact) mass is 450 g/mol. The zero-order valence-electron chi connectivity index (χ0n) is 17.5. The molecule has 1 aromatic carbocycles. The number of hydrogen-bond donors (Lipinski definition) is 2. The quantitative estimate of drug-likeness (QED) is 0.382. The maximum Gasteiger partial charge on any atom is 0.328 e. The van der Waals surface area contributed by atoms with Gasteiger partial charge in [0.25, 0.3) is 0 Å². The number of likely N-dealkylation sites (tertiary alicyclic amines) is 1. The van der Waals surface area contributed by atoms with E-state index in [1.165, 1.54) is 19.1 Å². The third-order valence-corrected chi connectivity index (χ3v) is 7.09. The van der Waals surface area contributed by atoms with Crippen molar-refractivity contribution in [1.29, 1.82) is 0 Å². The van der Waals surface area contributed by atoms with E-state index >= 15 is 0 Å². The molecule has 0 aromatic heterocycles. The highest BCUT2D eigenvalue weighted by Crippen LogP contribution is 2.55. The minimum atomic E-state index is -1.16. The van der Waals surface area contributed by atoms with Crippen LogP contribution in [0.3, 0.4) is 0 Å². The number of nitrogens with two attached hydrogens (primary N) is 1. The fourth-order valence-electron chi connectivity index (χ4n) is 5.68. The van der Waals surface area contributed by atoms with Crippen LogP contribution in [0.4, 0.5) is 9.18 Å². The Morgan fingerprint density at radius 2 is 1.88 bits per heavy atom. The molecular weight excluding hydrogens is 431 g/mol. The van der Waals surface area contributed by atoms with Gasteiger partial charge in [0.1, 0.15) is 0 Å². The number of Topliss-reactive ketones (excluding diaryl/α,β-unsaturated/α-hetero) is 1. The third kappa shape index (κ3) is 2.84. The van der Waals surface area contributed by atoms with Gasteiger partial charge >= 0.3 is 6.03 Å². The number of rotatable bonds is 1. The first kappa shape index (κ1) is 21.0. The van der Waals surface area contributed by atoms with E-state index in [4.69, 9.17) is 5.73 Å². The van der Waals surface area contributed by atoms with Gasteiger partial charge in [0, 0.05) is 22.6 Å². The molecule has 33 heavy (non-hydrogen) atoms. The minimum Gasteiger partial charge on any atom is -0.505 e. The highest BCUT2D eigenvalue weighted by atomic mass is 19.1. The number of imide groups is 3. The summed E-state index contributed by atoms with van der Waals surface area (Å²) in [6, 6.07) is 2.57. The molecule has 4 atom stereocenters. The minimum absolute atomic E-state index is 0.0424. The number of halogens is 1. The van der Waals surface area contributed by atoms with Crippen molar-refractivity contribution in [1.82, 2.24) is 4.90 Å². The molecule has 5 rings (SSSR count). The predicted molar refractivity (Wildman–Crippen MR) is 111 cm³/mol. The normalized spacial score (nSPS) is 28.8. The van der Waals surface area contributed by atoms with E-state index in [1.54, 1.807) is 6.08 Å². The van der Waals surface area contributed by atoms with Gasteiger partial charge in [-0.15, -0.1) is 0 Å². The Labute approximate surface area is 187 Å². The van der Waals surface area contributed by atoms with E-state index < -0.39 is 53.1 Å². The predicted octanol–water partition coefficient (Wildman–Crippen LogP) is 2.04. The van der Waals surface area contributed by atoms with Crippen LogP contribution in [0.1, 0.15) is 31.2 Å². The zero-order chi connectivity index (χ0) is 23.8. The number of hydrogen-bond acceptors (Lipinski definition) is 6. The molecule has 1 aromatic rings. The Kier molecular flexibility index (Phi) is 4.49. The molecule has 1 fully saturated rings. The van der Waals surface area contributed by atoms with Crippen molar-refractivity contribution >= 4 is 29.4 Å². The van der Waals surface area contributed by atoms with Crippen molar-refractivity contribution in [2.75, 3.05) is 0 Å². The number of benzene rings is 1. The lowest BCUT2D eigenvalue weighted by molar-refractivity contribution is -0.136. The second-order valence-electron chi connectivity index (χ2n) is 8.79. The molecule has 0 bridgehead atoms. The molecule has 9 heteroatoms. The smallest absolute Gasteiger partial charge is 0.328 e. The van der Waals surface area contributed by atoms with Gasteiger partial charge in [0.05, 0.1) is 11.8 Å². The first-order chi connectivity index (χ1) is 15.6. The summed E-state index contributed by atoms with van der Waals surface area (Å²) in [4.78, 5) is 64.0. The van der Waals surface area contributed by atoms with E-state index in [9.17, 15) is 33.5 Å². The summed E-state index contributed by atoms with van der Waals surface area (Å²) in [6.45, 7) is 1.52. The molecule has 168 valence electrons. The molecule has 3 aliphatic carbocycles. The van der Waals surface area contributed by atoms with Gasteiger partial charge in [-0.2, -0.15) is 4.90 Å². The standard InChI is InChI=1S/C24H19FN2O6/c1-9-6-17(29)20-14(21(9)30)8-13-11(18(20)10-2-5-16(28)15(25)7-10)3-4-12-19(13)23(32)27(22(12)31)24(26)33/h2-3,5-7,12-13,18-19,28H,4,8H2,1H3,(H2,26,33). The van der Waals surface area contributed by atoms with E-state index in [0.717, 1.165) is 12.1 Å². The van der Waals surface area contributed by atoms with Gasteiger partial charge < -0.3 is 10.8 Å². The molecule has 4 amide bonds. The second-order valence-corrected chi connectivity index (χ2v) is 8.79. The molecule has 4 unspecified atom stereocenters. The molecular formula is C24H19FN2O6. The summed E-state index contributed by atoms with van der Waals surface area (Å²) >= 11 is 0. The summed E-state index contributed by atoms with van der Waals surface area (Å²) in [6.07, 6.45) is 3.17. The Morgan fingerprint density at radius 3 is 2.55 bits per heavy atom. The van der Waals surface area contributed by atoms with Gasteiger partial charge in [-0.3, -0.25) is 19.2 Å². The number of phenols is 1. The molecule has 1 aliphatic heterocycles. The van der Waals surface area contributed by atoms with Crippen molar-refractivity contribution in [3.05, 3.63) is 64.0 Å². The van der Waals surface area contributed by atoms with Gasteiger partial charge in [-0.25, -0.2) is 9.18 Å². The summed E-state index contributed by atoms with van der Waals surface area (Å²) in [5.41, 5.74) is 6.89. The fourth-order valence-corrected chi connectivity index (χ4v) is 5.68. The largest absolute Gasteiger partial charge is 0.505 e. The number of aromatic hydroxyl groups is 1. The molecule has 4 aliphatic rings. The second kappa shape index (κ2) is 7.06. The number of primary amides is 1. The number of urea groups is 1. The van der Waals surface area contributed by atoms with Gasteiger partial charge in [0.15, 0.2) is 23.1 Å².